The zero-order valence-electron chi connectivity index (χ0n) is 11.0. The van der Waals surface area contributed by atoms with Gasteiger partial charge in [-0.1, -0.05) is 54.2 Å². The summed E-state index contributed by atoms with van der Waals surface area (Å²) < 4.78 is 5.94. The second-order valence-electron chi connectivity index (χ2n) is 4.58. The van der Waals surface area contributed by atoms with Crippen LogP contribution in [-0.4, -0.2) is 4.99 Å². The first-order valence-corrected chi connectivity index (χ1v) is 7.19. The Morgan fingerprint density at radius 3 is 2.43 bits per heavy atom. The summed E-state index contributed by atoms with van der Waals surface area (Å²) in [6.07, 6.45) is 0. The first kappa shape index (κ1) is 13.9. The van der Waals surface area contributed by atoms with Gasteiger partial charge < -0.3 is 10.5 Å². The van der Waals surface area contributed by atoms with Crippen LogP contribution in [0.15, 0.2) is 60.7 Å². The standard InChI is InChI=1S/C17H12ClNOS/c18-11-4-3-5-12(10-11)20-16-9-8-15(17(19)21)13-6-1-2-7-14(13)16/h1-10H,(H2,19,21). The smallest absolute Gasteiger partial charge is 0.135 e. The molecule has 3 aromatic rings. The third-order valence-electron chi connectivity index (χ3n) is 3.17. The molecule has 0 spiro atoms. The third kappa shape index (κ3) is 2.84. The molecule has 0 radical (unpaired) electrons. The lowest BCUT2D eigenvalue weighted by Gasteiger charge is -2.12. The van der Waals surface area contributed by atoms with Gasteiger partial charge in [0.2, 0.25) is 0 Å². The Morgan fingerprint density at radius 2 is 1.71 bits per heavy atom. The van der Waals surface area contributed by atoms with Crippen LogP contribution in [0.4, 0.5) is 0 Å². The Morgan fingerprint density at radius 1 is 0.952 bits per heavy atom. The molecule has 2 N–H and O–H groups in total. The summed E-state index contributed by atoms with van der Waals surface area (Å²) >= 11 is 11.1. The van der Waals surface area contributed by atoms with Crippen molar-refractivity contribution in [1.29, 1.82) is 0 Å². The van der Waals surface area contributed by atoms with E-state index in [1.54, 1.807) is 6.07 Å². The Kier molecular flexibility index (Phi) is 3.78. The number of hydrogen-bond donors (Lipinski definition) is 1. The van der Waals surface area contributed by atoms with Crippen molar-refractivity contribution in [3.05, 3.63) is 71.2 Å². The summed E-state index contributed by atoms with van der Waals surface area (Å²) in [7, 11) is 0. The van der Waals surface area contributed by atoms with Crippen molar-refractivity contribution < 1.29 is 4.74 Å². The van der Waals surface area contributed by atoms with Gasteiger partial charge in [-0.05, 0) is 35.7 Å². The predicted octanol–water partition coefficient (Wildman–Crippen LogP) is 4.92. The van der Waals surface area contributed by atoms with Gasteiger partial charge in [-0.2, -0.15) is 0 Å². The molecule has 104 valence electrons. The lowest BCUT2D eigenvalue weighted by atomic mass is 10.0. The second kappa shape index (κ2) is 5.72. The first-order chi connectivity index (χ1) is 10.1. The molecule has 0 saturated heterocycles. The maximum absolute atomic E-state index is 5.98. The summed E-state index contributed by atoms with van der Waals surface area (Å²) in [6, 6.07) is 18.9. The van der Waals surface area contributed by atoms with Crippen LogP contribution in [0, 0.1) is 0 Å². The molecule has 0 heterocycles. The SMILES string of the molecule is NC(=S)c1ccc(Oc2cccc(Cl)c2)c2ccccc12. The number of rotatable bonds is 3. The molecule has 0 unspecified atom stereocenters. The van der Waals surface area contributed by atoms with E-state index in [9.17, 15) is 0 Å². The van der Waals surface area contributed by atoms with Crippen molar-refractivity contribution >= 4 is 39.6 Å². The molecule has 0 fully saturated rings. The van der Waals surface area contributed by atoms with E-state index in [1.807, 2.05) is 54.6 Å². The van der Waals surface area contributed by atoms with Crippen LogP contribution in [0.25, 0.3) is 10.8 Å². The van der Waals surface area contributed by atoms with Gasteiger partial charge in [0.1, 0.15) is 16.5 Å². The minimum Gasteiger partial charge on any atom is -0.457 e. The van der Waals surface area contributed by atoms with Crippen LogP contribution in [0.5, 0.6) is 11.5 Å². The fourth-order valence-electron chi connectivity index (χ4n) is 2.23. The molecule has 2 nitrogen and oxygen atoms in total. The van der Waals surface area contributed by atoms with Gasteiger partial charge in [-0.25, -0.2) is 0 Å². The van der Waals surface area contributed by atoms with E-state index >= 15 is 0 Å². The molecular formula is C17H12ClNOS. The normalized spacial score (nSPS) is 10.5. The molecule has 0 aliphatic heterocycles. The zero-order valence-corrected chi connectivity index (χ0v) is 12.6. The van der Waals surface area contributed by atoms with E-state index in [0.29, 0.717) is 15.8 Å². The van der Waals surface area contributed by atoms with E-state index in [4.69, 9.17) is 34.3 Å². The molecule has 0 atom stereocenters. The highest BCUT2D eigenvalue weighted by Crippen LogP contribution is 2.32. The van der Waals surface area contributed by atoms with Crippen LogP contribution < -0.4 is 10.5 Å². The zero-order chi connectivity index (χ0) is 14.8. The van der Waals surface area contributed by atoms with Gasteiger partial charge in [-0.15, -0.1) is 0 Å². The average molecular weight is 314 g/mol. The van der Waals surface area contributed by atoms with Crippen molar-refractivity contribution in [2.75, 3.05) is 0 Å². The van der Waals surface area contributed by atoms with E-state index in [0.717, 1.165) is 22.1 Å². The second-order valence-corrected chi connectivity index (χ2v) is 5.46. The summed E-state index contributed by atoms with van der Waals surface area (Å²) in [4.78, 5) is 0.375. The molecular weight excluding hydrogens is 302 g/mol. The average Bonchev–Trinajstić information content (AvgIpc) is 2.47. The highest BCUT2D eigenvalue weighted by atomic mass is 35.5. The number of ether oxygens (including phenoxy) is 1. The van der Waals surface area contributed by atoms with Crippen molar-refractivity contribution in [2.24, 2.45) is 5.73 Å². The minimum absolute atomic E-state index is 0.375. The maximum Gasteiger partial charge on any atom is 0.135 e. The van der Waals surface area contributed by atoms with E-state index < -0.39 is 0 Å². The first-order valence-electron chi connectivity index (χ1n) is 6.40. The molecule has 3 rings (SSSR count). The summed E-state index contributed by atoms with van der Waals surface area (Å²) in [6.45, 7) is 0. The Labute approximate surface area is 133 Å². The number of halogens is 1. The quantitative estimate of drug-likeness (QED) is 0.697. The van der Waals surface area contributed by atoms with Crippen molar-refractivity contribution in [2.45, 2.75) is 0 Å². The number of benzene rings is 3. The number of fused-ring (bicyclic) bond motifs is 1. The van der Waals surface area contributed by atoms with Gasteiger partial charge in [0, 0.05) is 16.0 Å². The summed E-state index contributed by atoms with van der Waals surface area (Å²) in [5.41, 5.74) is 6.62. The van der Waals surface area contributed by atoms with Crippen molar-refractivity contribution in [3.8, 4) is 11.5 Å². The molecule has 0 bridgehead atoms. The fraction of sp³-hybridized carbons (Fsp3) is 0. The van der Waals surface area contributed by atoms with Crippen LogP contribution in [0.3, 0.4) is 0 Å². The molecule has 0 amide bonds. The highest BCUT2D eigenvalue weighted by Gasteiger charge is 2.09. The Hall–Kier alpha value is -2.10. The van der Waals surface area contributed by atoms with Gasteiger partial charge in [-0.3, -0.25) is 0 Å². The van der Waals surface area contributed by atoms with E-state index in [-0.39, 0.29) is 0 Å². The molecule has 21 heavy (non-hydrogen) atoms. The Bertz CT molecular complexity index is 832. The predicted molar refractivity (Wildman–Crippen MR) is 91.4 cm³/mol. The molecule has 3 aromatic carbocycles. The van der Waals surface area contributed by atoms with Crippen LogP contribution >= 0.6 is 23.8 Å². The molecule has 4 heteroatoms. The minimum atomic E-state index is 0.375. The van der Waals surface area contributed by atoms with Crippen LogP contribution in [-0.2, 0) is 0 Å². The van der Waals surface area contributed by atoms with Gasteiger partial charge in [0.25, 0.3) is 0 Å². The topological polar surface area (TPSA) is 35.2 Å². The molecule has 0 aliphatic carbocycles. The summed E-state index contributed by atoms with van der Waals surface area (Å²) in [5.74, 6) is 1.43. The lowest BCUT2D eigenvalue weighted by molar-refractivity contribution is 0.488. The maximum atomic E-state index is 5.98. The summed E-state index contributed by atoms with van der Waals surface area (Å²) in [5, 5.41) is 2.57. The van der Waals surface area contributed by atoms with E-state index in [1.165, 1.54) is 0 Å². The fourth-order valence-corrected chi connectivity index (χ4v) is 2.59. The third-order valence-corrected chi connectivity index (χ3v) is 3.63. The van der Waals surface area contributed by atoms with Crippen LogP contribution in [0.2, 0.25) is 5.02 Å². The largest absolute Gasteiger partial charge is 0.457 e. The molecule has 0 saturated carbocycles. The molecule has 0 aliphatic rings. The lowest BCUT2D eigenvalue weighted by Crippen LogP contribution is -2.09. The molecule has 0 aromatic heterocycles. The monoisotopic (exact) mass is 313 g/mol. The van der Waals surface area contributed by atoms with Gasteiger partial charge in [0.05, 0.1) is 0 Å². The van der Waals surface area contributed by atoms with Crippen LogP contribution in [0.1, 0.15) is 5.56 Å². The van der Waals surface area contributed by atoms with E-state index in [2.05, 4.69) is 0 Å². The van der Waals surface area contributed by atoms with Crippen molar-refractivity contribution in [1.82, 2.24) is 0 Å². The van der Waals surface area contributed by atoms with Gasteiger partial charge >= 0.3 is 0 Å². The highest BCUT2D eigenvalue weighted by molar-refractivity contribution is 7.80. The Balaban J connectivity index is 2.12. The van der Waals surface area contributed by atoms with Crippen molar-refractivity contribution in [3.63, 3.8) is 0 Å². The number of nitrogens with two attached hydrogens (primary N) is 1. The number of thiocarbonyl (C=S) groups is 1. The van der Waals surface area contributed by atoms with Gasteiger partial charge in [0.15, 0.2) is 0 Å². The number of hydrogen-bond acceptors (Lipinski definition) is 2.